The zero-order chi connectivity index (χ0) is 15.1. The van der Waals surface area contributed by atoms with Gasteiger partial charge < -0.3 is 15.2 Å². The van der Waals surface area contributed by atoms with Gasteiger partial charge in [0.25, 0.3) is 0 Å². The van der Waals surface area contributed by atoms with Crippen molar-refractivity contribution in [3.8, 4) is 11.5 Å². The number of phenols is 1. The average Bonchev–Trinajstić information content (AvgIpc) is 3.01. The molecule has 3 nitrogen and oxygen atoms in total. The summed E-state index contributed by atoms with van der Waals surface area (Å²) in [6.07, 6.45) is 2.27. The maximum absolute atomic E-state index is 9.73. The third-order valence-electron chi connectivity index (χ3n) is 3.34. The van der Waals surface area contributed by atoms with Gasteiger partial charge in [0.1, 0.15) is 0 Å². The molecule has 114 valence electrons. The summed E-state index contributed by atoms with van der Waals surface area (Å²) in [5.74, 6) is 0.754. The van der Waals surface area contributed by atoms with Gasteiger partial charge in [0.15, 0.2) is 11.5 Å². The first kappa shape index (κ1) is 15.9. The van der Waals surface area contributed by atoms with Gasteiger partial charge in [-0.1, -0.05) is 25.5 Å². The molecule has 0 aliphatic rings. The second-order valence-corrected chi connectivity index (χ2v) is 5.95. The van der Waals surface area contributed by atoms with Crippen LogP contribution < -0.4 is 10.1 Å². The largest absolute Gasteiger partial charge is 0.504 e. The number of nitrogens with one attached hydrogen (secondary N) is 1. The summed E-state index contributed by atoms with van der Waals surface area (Å²) >= 11 is 1.79. The lowest BCUT2D eigenvalue weighted by Gasteiger charge is -2.17. The number of thiophene rings is 1. The molecule has 1 atom stereocenters. The number of hydrogen-bond donors (Lipinski definition) is 2. The smallest absolute Gasteiger partial charge is 0.161 e. The van der Waals surface area contributed by atoms with Crippen molar-refractivity contribution in [3.63, 3.8) is 0 Å². The van der Waals surface area contributed by atoms with Crippen molar-refractivity contribution in [1.82, 2.24) is 5.32 Å². The van der Waals surface area contributed by atoms with E-state index in [1.165, 1.54) is 4.88 Å². The molecule has 0 amide bonds. The predicted molar refractivity (Wildman–Crippen MR) is 88.1 cm³/mol. The van der Waals surface area contributed by atoms with Crippen LogP contribution in [0.25, 0.3) is 0 Å². The standard InChI is InChI=1S/C17H23NO2S/c1-3-6-14(17-7-5-10-21-17)18-12-13-8-9-15(19)16(11-13)20-4-2/h5,7-11,14,18-19H,3-4,6,12H2,1-2H3. The van der Waals surface area contributed by atoms with Gasteiger partial charge in [0, 0.05) is 17.5 Å². The van der Waals surface area contributed by atoms with Crippen molar-refractivity contribution in [3.05, 3.63) is 46.2 Å². The topological polar surface area (TPSA) is 41.5 Å². The molecule has 0 aliphatic carbocycles. The minimum absolute atomic E-state index is 0.198. The SMILES string of the molecule is CCCC(NCc1ccc(O)c(OCC)c1)c1cccs1. The third kappa shape index (κ3) is 4.48. The Kier molecular flexibility index (Phi) is 6.08. The normalized spacial score (nSPS) is 12.3. The number of aromatic hydroxyl groups is 1. The van der Waals surface area contributed by atoms with E-state index < -0.39 is 0 Å². The third-order valence-corrected chi connectivity index (χ3v) is 4.33. The second kappa shape index (κ2) is 8.05. The fourth-order valence-corrected chi connectivity index (χ4v) is 3.14. The Hall–Kier alpha value is -1.52. The van der Waals surface area contributed by atoms with Gasteiger partial charge in [0.05, 0.1) is 6.61 Å². The molecule has 0 fully saturated rings. The number of phenolic OH excluding ortho intramolecular Hbond substituents is 1. The van der Waals surface area contributed by atoms with Crippen molar-refractivity contribution >= 4 is 11.3 Å². The van der Waals surface area contributed by atoms with Gasteiger partial charge in [-0.2, -0.15) is 0 Å². The van der Waals surface area contributed by atoms with E-state index in [4.69, 9.17) is 4.74 Å². The molecular formula is C17H23NO2S. The molecule has 0 bridgehead atoms. The molecule has 0 saturated carbocycles. The summed E-state index contributed by atoms with van der Waals surface area (Å²) < 4.78 is 5.43. The lowest BCUT2D eigenvalue weighted by atomic mass is 10.1. The summed E-state index contributed by atoms with van der Waals surface area (Å²) in [5, 5.41) is 15.5. The van der Waals surface area contributed by atoms with Crippen LogP contribution in [0.3, 0.4) is 0 Å². The van der Waals surface area contributed by atoms with Crippen molar-refractivity contribution in [2.24, 2.45) is 0 Å². The minimum atomic E-state index is 0.198. The first-order chi connectivity index (χ1) is 10.2. The molecule has 4 heteroatoms. The number of ether oxygens (including phenoxy) is 1. The summed E-state index contributed by atoms with van der Waals surface area (Å²) in [6.45, 7) is 5.44. The maximum atomic E-state index is 9.73. The molecule has 1 aromatic carbocycles. The lowest BCUT2D eigenvalue weighted by molar-refractivity contribution is 0.317. The van der Waals surface area contributed by atoms with E-state index in [-0.39, 0.29) is 5.75 Å². The Balaban J connectivity index is 2.02. The minimum Gasteiger partial charge on any atom is -0.504 e. The molecule has 0 spiro atoms. The highest BCUT2D eigenvalue weighted by Gasteiger charge is 2.11. The van der Waals surface area contributed by atoms with Crippen molar-refractivity contribution in [2.75, 3.05) is 6.61 Å². The van der Waals surface area contributed by atoms with Crippen molar-refractivity contribution in [2.45, 2.75) is 39.3 Å². The van der Waals surface area contributed by atoms with Crippen LogP contribution in [-0.2, 0) is 6.54 Å². The Morgan fingerprint density at radius 3 is 2.81 bits per heavy atom. The van der Waals surface area contributed by atoms with E-state index in [0.717, 1.165) is 24.9 Å². The van der Waals surface area contributed by atoms with Crippen LogP contribution >= 0.6 is 11.3 Å². The molecular weight excluding hydrogens is 282 g/mol. The van der Waals surface area contributed by atoms with Gasteiger partial charge in [-0.15, -0.1) is 11.3 Å². The molecule has 1 unspecified atom stereocenters. The predicted octanol–water partition coefficient (Wildman–Crippen LogP) is 4.48. The quantitative estimate of drug-likeness (QED) is 0.755. The highest BCUT2D eigenvalue weighted by molar-refractivity contribution is 7.10. The van der Waals surface area contributed by atoms with E-state index in [9.17, 15) is 5.11 Å². The Labute approximate surface area is 130 Å². The molecule has 0 radical (unpaired) electrons. The molecule has 0 saturated heterocycles. The Morgan fingerprint density at radius 2 is 2.14 bits per heavy atom. The van der Waals surface area contributed by atoms with Crippen LogP contribution in [0, 0.1) is 0 Å². The summed E-state index contributed by atoms with van der Waals surface area (Å²) in [4.78, 5) is 1.38. The van der Waals surface area contributed by atoms with Gasteiger partial charge in [-0.05, 0) is 42.5 Å². The molecule has 0 aliphatic heterocycles. The highest BCUT2D eigenvalue weighted by atomic mass is 32.1. The Morgan fingerprint density at radius 1 is 1.29 bits per heavy atom. The van der Waals surface area contributed by atoms with Crippen LogP contribution in [0.4, 0.5) is 0 Å². The molecule has 1 aromatic heterocycles. The van der Waals surface area contributed by atoms with E-state index in [1.54, 1.807) is 17.4 Å². The van der Waals surface area contributed by atoms with Gasteiger partial charge in [-0.25, -0.2) is 0 Å². The summed E-state index contributed by atoms with van der Waals surface area (Å²) in [6, 6.07) is 10.2. The van der Waals surface area contributed by atoms with E-state index in [1.807, 2.05) is 19.1 Å². The van der Waals surface area contributed by atoms with E-state index >= 15 is 0 Å². The summed E-state index contributed by atoms with van der Waals surface area (Å²) in [5.41, 5.74) is 1.12. The van der Waals surface area contributed by atoms with E-state index in [2.05, 4.69) is 29.8 Å². The second-order valence-electron chi connectivity index (χ2n) is 4.97. The summed E-state index contributed by atoms with van der Waals surface area (Å²) in [7, 11) is 0. The van der Waals surface area contributed by atoms with Crippen molar-refractivity contribution < 1.29 is 9.84 Å². The monoisotopic (exact) mass is 305 g/mol. The number of benzene rings is 1. The average molecular weight is 305 g/mol. The molecule has 2 rings (SSSR count). The van der Waals surface area contributed by atoms with Gasteiger partial charge >= 0.3 is 0 Å². The van der Waals surface area contributed by atoms with Crippen LogP contribution in [0.15, 0.2) is 35.7 Å². The van der Waals surface area contributed by atoms with Gasteiger partial charge in [-0.3, -0.25) is 0 Å². The zero-order valence-electron chi connectivity index (χ0n) is 12.6. The zero-order valence-corrected chi connectivity index (χ0v) is 13.5. The Bertz CT molecular complexity index is 540. The number of hydrogen-bond acceptors (Lipinski definition) is 4. The molecule has 21 heavy (non-hydrogen) atoms. The first-order valence-electron chi connectivity index (χ1n) is 7.46. The van der Waals surface area contributed by atoms with Crippen LogP contribution in [0.5, 0.6) is 11.5 Å². The fourth-order valence-electron chi connectivity index (χ4n) is 2.30. The highest BCUT2D eigenvalue weighted by Crippen LogP contribution is 2.28. The van der Waals surface area contributed by atoms with Crippen LogP contribution in [0.2, 0.25) is 0 Å². The van der Waals surface area contributed by atoms with Crippen LogP contribution in [-0.4, -0.2) is 11.7 Å². The maximum Gasteiger partial charge on any atom is 0.161 e. The van der Waals surface area contributed by atoms with Gasteiger partial charge in [0.2, 0.25) is 0 Å². The molecule has 2 aromatic rings. The van der Waals surface area contributed by atoms with Crippen LogP contribution in [0.1, 0.15) is 43.2 Å². The first-order valence-corrected chi connectivity index (χ1v) is 8.34. The van der Waals surface area contributed by atoms with Crippen molar-refractivity contribution in [1.29, 1.82) is 0 Å². The lowest BCUT2D eigenvalue weighted by Crippen LogP contribution is -2.20. The van der Waals surface area contributed by atoms with E-state index in [0.29, 0.717) is 18.4 Å². The molecule has 1 heterocycles. The fraction of sp³-hybridized carbons (Fsp3) is 0.412. The molecule has 2 N–H and O–H groups in total. The number of rotatable bonds is 8.